The van der Waals surface area contributed by atoms with Gasteiger partial charge in [-0.1, -0.05) is 75.3 Å². The summed E-state index contributed by atoms with van der Waals surface area (Å²) in [7, 11) is 1.72. The zero-order valence-electron chi connectivity index (χ0n) is 15.1. The smallest absolute Gasteiger partial charge is 0.155 e. The van der Waals surface area contributed by atoms with Gasteiger partial charge in [-0.05, 0) is 36.0 Å². The van der Waals surface area contributed by atoms with E-state index < -0.39 is 0 Å². The van der Waals surface area contributed by atoms with Crippen LogP contribution in [0.4, 0.5) is 0 Å². The zero-order valence-corrected chi connectivity index (χ0v) is 15.1. The Hall–Kier alpha value is -1.41. The fraction of sp³-hybridized carbons (Fsp3) is 0.591. The van der Waals surface area contributed by atoms with Crippen LogP contribution >= 0.6 is 0 Å². The molecule has 0 N–H and O–H groups in total. The largest absolute Gasteiger partial charge is 0.384 e. The molecule has 0 atom stereocenters. The molecule has 1 saturated carbocycles. The number of carbonyl (C=O) groups excluding carboxylic acids is 1. The third kappa shape index (κ3) is 7.00. The van der Waals surface area contributed by atoms with Gasteiger partial charge in [0.15, 0.2) is 5.78 Å². The molecule has 2 rings (SSSR count). The van der Waals surface area contributed by atoms with Gasteiger partial charge in [0.1, 0.15) is 0 Å². The molecule has 1 fully saturated rings. The highest BCUT2D eigenvalue weighted by atomic mass is 16.5. The van der Waals surface area contributed by atoms with Gasteiger partial charge in [0.05, 0.1) is 6.61 Å². The van der Waals surface area contributed by atoms with E-state index >= 15 is 0 Å². The van der Waals surface area contributed by atoms with Crippen LogP contribution in [0.5, 0.6) is 0 Å². The van der Waals surface area contributed by atoms with Gasteiger partial charge in [-0.3, -0.25) is 4.79 Å². The van der Waals surface area contributed by atoms with Gasteiger partial charge in [-0.15, -0.1) is 0 Å². The highest BCUT2D eigenvalue weighted by molar-refractivity contribution is 5.93. The summed E-state index contributed by atoms with van der Waals surface area (Å²) in [6, 6.07) is 8.23. The van der Waals surface area contributed by atoms with Gasteiger partial charge in [-0.2, -0.15) is 0 Å². The molecule has 132 valence electrons. The van der Waals surface area contributed by atoms with E-state index in [0.29, 0.717) is 13.0 Å². The second kappa shape index (κ2) is 11.2. The van der Waals surface area contributed by atoms with Crippen molar-refractivity contribution in [1.29, 1.82) is 0 Å². The van der Waals surface area contributed by atoms with E-state index in [0.717, 1.165) is 24.3 Å². The number of ketones is 1. The maximum atomic E-state index is 12.1. The minimum absolute atomic E-state index is 0.250. The first-order chi connectivity index (χ1) is 11.8. The molecule has 0 aliphatic heterocycles. The summed E-state index contributed by atoms with van der Waals surface area (Å²) < 4.78 is 5.15. The van der Waals surface area contributed by atoms with Crippen LogP contribution in [-0.4, -0.2) is 19.5 Å². The van der Waals surface area contributed by atoms with Crippen LogP contribution in [0.15, 0.2) is 30.3 Å². The Morgan fingerprint density at radius 3 is 2.75 bits per heavy atom. The van der Waals surface area contributed by atoms with Gasteiger partial charge < -0.3 is 4.74 Å². The number of ether oxygens (including phenoxy) is 1. The molecular weight excluding hydrogens is 296 g/mol. The number of methoxy groups -OCH3 is 1. The third-order valence-corrected chi connectivity index (χ3v) is 5.09. The van der Waals surface area contributed by atoms with Gasteiger partial charge in [0.2, 0.25) is 0 Å². The van der Waals surface area contributed by atoms with E-state index in [-0.39, 0.29) is 5.78 Å². The first-order valence-corrected chi connectivity index (χ1v) is 9.57. The van der Waals surface area contributed by atoms with E-state index in [1.165, 1.54) is 50.5 Å². The minimum Gasteiger partial charge on any atom is -0.384 e. The molecule has 24 heavy (non-hydrogen) atoms. The Bertz CT molecular complexity index is 512. The lowest BCUT2D eigenvalue weighted by Gasteiger charge is -2.21. The summed E-state index contributed by atoms with van der Waals surface area (Å²) in [5.41, 5.74) is 2.37. The Labute approximate surface area is 147 Å². The van der Waals surface area contributed by atoms with Crippen molar-refractivity contribution in [2.75, 3.05) is 13.7 Å². The second-order valence-electron chi connectivity index (χ2n) is 6.99. The summed E-state index contributed by atoms with van der Waals surface area (Å²) in [5, 5.41) is 0. The Balaban J connectivity index is 1.70. The molecule has 1 aromatic carbocycles. The number of unbranched alkanes of at least 4 members (excludes halogenated alkanes) is 1. The Morgan fingerprint density at radius 2 is 1.96 bits per heavy atom. The van der Waals surface area contributed by atoms with E-state index in [2.05, 4.69) is 12.1 Å². The minimum atomic E-state index is 0.250. The molecule has 0 radical (unpaired) electrons. The van der Waals surface area contributed by atoms with Crippen LogP contribution in [0.2, 0.25) is 0 Å². The van der Waals surface area contributed by atoms with E-state index in [9.17, 15) is 4.79 Å². The highest BCUT2D eigenvalue weighted by Gasteiger charge is 2.12. The number of hydrogen-bond donors (Lipinski definition) is 0. The van der Waals surface area contributed by atoms with Gasteiger partial charge in [0, 0.05) is 13.5 Å². The van der Waals surface area contributed by atoms with Crippen molar-refractivity contribution in [1.82, 2.24) is 0 Å². The molecule has 2 heteroatoms. The van der Waals surface area contributed by atoms with Crippen LogP contribution in [0.1, 0.15) is 68.9 Å². The van der Waals surface area contributed by atoms with E-state index in [1.54, 1.807) is 13.2 Å². The van der Waals surface area contributed by atoms with E-state index in [1.807, 2.05) is 18.2 Å². The summed E-state index contributed by atoms with van der Waals surface area (Å²) in [6.07, 6.45) is 15.9. The molecule has 0 spiro atoms. The molecule has 0 saturated heterocycles. The van der Waals surface area contributed by atoms with Crippen LogP contribution in [0, 0.1) is 5.92 Å². The van der Waals surface area contributed by atoms with Crippen LogP contribution in [0.25, 0.3) is 6.08 Å². The fourth-order valence-corrected chi connectivity index (χ4v) is 3.61. The summed E-state index contributed by atoms with van der Waals surface area (Å²) in [5.74, 6) is 1.18. The Morgan fingerprint density at radius 1 is 1.17 bits per heavy atom. The fourth-order valence-electron chi connectivity index (χ4n) is 3.61. The Kier molecular flexibility index (Phi) is 8.83. The van der Waals surface area contributed by atoms with Crippen molar-refractivity contribution in [3.05, 3.63) is 41.5 Å². The molecule has 0 heterocycles. The average molecular weight is 328 g/mol. The number of hydrogen-bond acceptors (Lipinski definition) is 2. The summed E-state index contributed by atoms with van der Waals surface area (Å²) in [6.45, 7) is 0.708. The molecule has 1 aliphatic rings. The predicted octanol–water partition coefficient (Wildman–Crippen LogP) is 5.60. The third-order valence-electron chi connectivity index (χ3n) is 5.09. The van der Waals surface area contributed by atoms with Crippen LogP contribution in [0.3, 0.4) is 0 Å². The van der Waals surface area contributed by atoms with Crippen molar-refractivity contribution < 1.29 is 9.53 Å². The number of rotatable bonds is 10. The first kappa shape index (κ1) is 18.9. The lowest BCUT2D eigenvalue weighted by molar-refractivity contribution is -0.114. The van der Waals surface area contributed by atoms with Crippen molar-refractivity contribution in [2.45, 2.75) is 64.2 Å². The van der Waals surface area contributed by atoms with Gasteiger partial charge >= 0.3 is 0 Å². The van der Waals surface area contributed by atoms with Crippen LogP contribution in [-0.2, 0) is 16.0 Å². The maximum Gasteiger partial charge on any atom is 0.155 e. The topological polar surface area (TPSA) is 26.3 Å². The van der Waals surface area contributed by atoms with Gasteiger partial charge in [-0.25, -0.2) is 0 Å². The lowest BCUT2D eigenvalue weighted by Crippen LogP contribution is -2.06. The van der Waals surface area contributed by atoms with Gasteiger partial charge in [0.25, 0.3) is 0 Å². The molecular formula is C22H32O2. The molecule has 0 aromatic heterocycles. The van der Waals surface area contributed by atoms with Crippen molar-refractivity contribution in [3.8, 4) is 0 Å². The lowest BCUT2D eigenvalue weighted by atomic mass is 9.85. The van der Waals surface area contributed by atoms with Crippen molar-refractivity contribution in [3.63, 3.8) is 0 Å². The molecule has 1 aliphatic carbocycles. The summed E-state index contributed by atoms with van der Waals surface area (Å²) >= 11 is 0. The average Bonchev–Trinajstić information content (AvgIpc) is 2.63. The van der Waals surface area contributed by atoms with E-state index in [4.69, 9.17) is 4.74 Å². The number of carbonyl (C=O) groups is 1. The van der Waals surface area contributed by atoms with Crippen molar-refractivity contribution in [2.24, 2.45) is 5.92 Å². The SMILES string of the molecule is COCCc1ccccc1C=CC(=O)CCCCC1CCCCC1. The quantitative estimate of drug-likeness (QED) is 0.413. The van der Waals surface area contributed by atoms with Crippen LogP contribution < -0.4 is 0 Å². The maximum absolute atomic E-state index is 12.1. The number of allylic oxidation sites excluding steroid dienone is 1. The normalized spacial score (nSPS) is 15.9. The summed E-state index contributed by atoms with van der Waals surface area (Å²) in [4.78, 5) is 12.1. The number of benzene rings is 1. The van der Waals surface area contributed by atoms with Crippen molar-refractivity contribution >= 4 is 11.9 Å². The highest BCUT2D eigenvalue weighted by Crippen LogP contribution is 2.27. The second-order valence-corrected chi connectivity index (χ2v) is 6.99. The monoisotopic (exact) mass is 328 g/mol. The standard InChI is InChI=1S/C22H32O2/c1-24-18-17-21-13-7-6-12-20(21)15-16-22(23)14-8-5-11-19-9-3-2-4-10-19/h6-7,12-13,15-16,19H,2-5,8-11,14,17-18H2,1H3. The molecule has 2 nitrogen and oxygen atoms in total. The zero-order chi connectivity index (χ0) is 17.0. The first-order valence-electron chi connectivity index (χ1n) is 9.57. The predicted molar refractivity (Wildman–Crippen MR) is 101 cm³/mol. The molecule has 0 amide bonds. The molecule has 0 bridgehead atoms. The molecule has 0 unspecified atom stereocenters. The molecule has 1 aromatic rings.